The van der Waals surface area contributed by atoms with Gasteiger partial charge in [0.2, 0.25) is 0 Å². The second kappa shape index (κ2) is 7.00. The second-order valence-electron chi connectivity index (χ2n) is 6.01. The number of alkyl halides is 1. The average molecular weight is 291 g/mol. The molecule has 1 aliphatic carbocycles. The highest BCUT2D eigenvalue weighted by atomic mass is 79.9. The first kappa shape index (κ1) is 14.5. The quantitative estimate of drug-likeness (QED) is 0.640. The van der Waals surface area contributed by atoms with Gasteiger partial charge in [-0.2, -0.15) is 0 Å². The van der Waals surface area contributed by atoms with Crippen molar-refractivity contribution in [2.75, 3.05) is 11.9 Å². The van der Waals surface area contributed by atoms with E-state index in [2.05, 4.69) is 36.7 Å². The minimum Gasteiger partial charge on any atom is -0.378 e. The number of hydrogen-bond donors (Lipinski definition) is 0. The molecule has 96 valence electrons. The molecule has 0 heterocycles. The lowest BCUT2D eigenvalue weighted by Gasteiger charge is -2.34. The van der Waals surface area contributed by atoms with Crippen LogP contribution >= 0.6 is 15.9 Å². The van der Waals surface area contributed by atoms with E-state index in [4.69, 9.17) is 4.74 Å². The molecule has 0 aromatic carbocycles. The Labute approximate surface area is 109 Å². The molecule has 0 amide bonds. The summed E-state index contributed by atoms with van der Waals surface area (Å²) >= 11 is 3.58. The summed E-state index contributed by atoms with van der Waals surface area (Å²) in [7, 11) is 0. The Kier molecular flexibility index (Phi) is 6.35. The molecular weight excluding hydrogens is 264 g/mol. The maximum atomic E-state index is 6.05. The SMILES string of the molecule is CCCC(CBr)COC1CCC(C)(C)CC1. The van der Waals surface area contributed by atoms with E-state index in [9.17, 15) is 0 Å². The number of ether oxygens (including phenoxy) is 1. The van der Waals surface area contributed by atoms with Crippen molar-refractivity contribution in [2.24, 2.45) is 11.3 Å². The van der Waals surface area contributed by atoms with E-state index in [1.807, 2.05) is 0 Å². The molecule has 1 nitrogen and oxygen atoms in total. The zero-order chi connectivity index (χ0) is 12.0. The van der Waals surface area contributed by atoms with E-state index in [1.165, 1.54) is 38.5 Å². The Hall–Kier alpha value is 0.440. The summed E-state index contributed by atoms with van der Waals surface area (Å²) in [4.78, 5) is 0. The summed E-state index contributed by atoms with van der Waals surface area (Å²) in [5.74, 6) is 0.708. The summed E-state index contributed by atoms with van der Waals surface area (Å²) in [5.41, 5.74) is 0.554. The van der Waals surface area contributed by atoms with Crippen LogP contribution in [0.25, 0.3) is 0 Å². The Morgan fingerprint density at radius 1 is 1.31 bits per heavy atom. The van der Waals surface area contributed by atoms with Gasteiger partial charge in [0, 0.05) is 5.33 Å². The monoisotopic (exact) mass is 290 g/mol. The van der Waals surface area contributed by atoms with Crippen molar-refractivity contribution in [1.29, 1.82) is 0 Å². The minimum atomic E-state index is 0.534. The molecule has 1 unspecified atom stereocenters. The second-order valence-corrected chi connectivity index (χ2v) is 6.65. The molecule has 0 radical (unpaired) electrons. The molecule has 2 heteroatoms. The molecule has 0 aromatic heterocycles. The number of rotatable bonds is 6. The van der Waals surface area contributed by atoms with E-state index in [-0.39, 0.29) is 0 Å². The van der Waals surface area contributed by atoms with Gasteiger partial charge in [0.1, 0.15) is 0 Å². The lowest BCUT2D eigenvalue weighted by Crippen LogP contribution is -2.28. The summed E-state index contributed by atoms with van der Waals surface area (Å²) in [6, 6.07) is 0. The molecule has 1 saturated carbocycles. The number of hydrogen-bond acceptors (Lipinski definition) is 1. The normalized spacial score (nSPS) is 23.2. The Bertz CT molecular complexity index is 181. The van der Waals surface area contributed by atoms with Crippen LogP contribution in [0.3, 0.4) is 0 Å². The van der Waals surface area contributed by atoms with Crippen LogP contribution < -0.4 is 0 Å². The molecular formula is C14H27BrO. The average Bonchev–Trinajstić information content (AvgIpc) is 2.26. The molecule has 0 aromatic rings. The largest absolute Gasteiger partial charge is 0.378 e. The molecule has 1 aliphatic rings. The molecule has 1 fully saturated rings. The van der Waals surface area contributed by atoms with Crippen LogP contribution in [0, 0.1) is 11.3 Å². The van der Waals surface area contributed by atoms with Crippen molar-refractivity contribution in [2.45, 2.75) is 65.4 Å². The van der Waals surface area contributed by atoms with Crippen molar-refractivity contribution in [3.05, 3.63) is 0 Å². The first-order valence-corrected chi connectivity index (χ1v) is 7.87. The van der Waals surface area contributed by atoms with E-state index in [1.54, 1.807) is 0 Å². The van der Waals surface area contributed by atoms with Gasteiger partial charge in [0.25, 0.3) is 0 Å². The Balaban J connectivity index is 2.18. The van der Waals surface area contributed by atoms with Gasteiger partial charge in [-0.1, -0.05) is 43.1 Å². The standard InChI is InChI=1S/C14H27BrO/c1-4-5-12(10-15)11-16-13-6-8-14(2,3)9-7-13/h12-13H,4-11H2,1-3H3. The summed E-state index contributed by atoms with van der Waals surface area (Å²) < 4.78 is 6.05. The van der Waals surface area contributed by atoms with Crippen LogP contribution in [0.15, 0.2) is 0 Å². The zero-order valence-corrected chi connectivity index (χ0v) is 12.7. The van der Waals surface area contributed by atoms with Gasteiger partial charge in [-0.3, -0.25) is 0 Å². The highest BCUT2D eigenvalue weighted by Gasteiger charge is 2.27. The topological polar surface area (TPSA) is 9.23 Å². The van der Waals surface area contributed by atoms with Crippen LogP contribution in [-0.2, 0) is 4.74 Å². The molecule has 1 atom stereocenters. The molecule has 16 heavy (non-hydrogen) atoms. The van der Waals surface area contributed by atoms with E-state index in [0.29, 0.717) is 17.4 Å². The lowest BCUT2D eigenvalue weighted by atomic mass is 9.76. The predicted octanol–water partition coefficient (Wildman–Crippen LogP) is 4.78. The Morgan fingerprint density at radius 2 is 1.94 bits per heavy atom. The van der Waals surface area contributed by atoms with E-state index in [0.717, 1.165) is 11.9 Å². The van der Waals surface area contributed by atoms with Gasteiger partial charge in [-0.25, -0.2) is 0 Å². The third kappa shape index (κ3) is 5.18. The fourth-order valence-corrected chi connectivity index (χ4v) is 2.94. The van der Waals surface area contributed by atoms with Crippen molar-refractivity contribution in [3.63, 3.8) is 0 Å². The highest BCUT2D eigenvalue weighted by Crippen LogP contribution is 2.36. The lowest BCUT2D eigenvalue weighted by molar-refractivity contribution is -0.0100. The fourth-order valence-electron chi connectivity index (χ4n) is 2.42. The van der Waals surface area contributed by atoms with Crippen molar-refractivity contribution >= 4 is 15.9 Å². The minimum absolute atomic E-state index is 0.534. The van der Waals surface area contributed by atoms with E-state index >= 15 is 0 Å². The maximum absolute atomic E-state index is 6.05. The summed E-state index contributed by atoms with van der Waals surface area (Å²) in [6.07, 6.45) is 8.24. The Morgan fingerprint density at radius 3 is 2.44 bits per heavy atom. The molecule has 1 rings (SSSR count). The van der Waals surface area contributed by atoms with Gasteiger partial charge < -0.3 is 4.74 Å². The molecule has 0 N–H and O–H groups in total. The van der Waals surface area contributed by atoms with Gasteiger partial charge in [-0.15, -0.1) is 0 Å². The molecule has 0 spiro atoms. The van der Waals surface area contributed by atoms with Crippen LogP contribution in [-0.4, -0.2) is 18.0 Å². The van der Waals surface area contributed by atoms with Gasteiger partial charge in [0.05, 0.1) is 12.7 Å². The predicted molar refractivity (Wildman–Crippen MR) is 74.2 cm³/mol. The van der Waals surface area contributed by atoms with Crippen LogP contribution in [0.2, 0.25) is 0 Å². The zero-order valence-electron chi connectivity index (χ0n) is 11.1. The van der Waals surface area contributed by atoms with Crippen LogP contribution in [0.5, 0.6) is 0 Å². The van der Waals surface area contributed by atoms with Crippen LogP contribution in [0.1, 0.15) is 59.3 Å². The highest BCUT2D eigenvalue weighted by molar-refractivity contribution is 9.09. The van der Waals surface area contributed by atoms with Crippen LogP contribution in [0.4, 0.5) is 0 Å². The van der Waals surface area contributed by atoms with Crippen molar-refractivity contribution in [3.8, 4) is 0 Å². The van der Waals surface area contributed by atoms with Crippen molar-refractivity contribution < 1.29 is 4.74 Å². The van der Waals surface area contributed by atoms with Gasteiger partial charge in [-0.05, 0) is 43.4 Å². The summed E-state index contributed by atoms with van der Waals surface area (Å²) in [5, 5.41) is 1.08. The third-order valence-electron chi connectivity index (χ3n) is 3.77. The van der Waals surface area contributed by atoms with Gasteiger partial charge >= 0.3 is 0 Å². The smallest absolute Gasteiger partial charge is 0.0575 e. The number of halogens is 1. The first-order valence-electron chi connectivity index (χ1n) is 6.75. The summed E-state index contributed by atoms with van der Waals surface area (Å²) in [6.45, 7) is 7.95. The third-order valence-corrected chi connectivity index (χ3v) is 4.68. The molecule has 0 saturated heterocycles. The van der Waals surface area contributed by atoms with Gasteiger partial charge in [0.15, 0.2) is 0 Å². The maximum Gasteiger partial charge on any atom is 0.0575 e. The first-order chi connectivity index (χ1) is 7.57. The van der Waals surface area contributed by atoms with E-state index < -0.39 is 0 Å². The van der Waals surface area contributed by atoms with Crippen molar-refractivity contribution in [1.82, 2.24) is 0 Å². The molecule has 0 aliphatic heterocycles. The molecule has 0 bridgehead atoms. The fraction of sp³-hybridized carbons (Fsp3) is 1.00.